The Kier molecular flexibility index (Phi) is 4.26. The Morgan fingerprint density at radius 3 is 2.63 bits per heavy atom. The minimum Gasteiger partial charge on any atom is -0.444 e. The van der Waals surface area contributed by atoms with E-state index in [0.717, 1.165) is 12.8 Å². The predicted octanol–water partition coefficient (Wildman–Crippen LogP) is 0.661. The molecule has 0 radical (unpaired) electrons. The Bertz CT molecular complexity index is 482. The van der Waals surface area contributed by atoms with Crippen molar-refractivity contribution in [2.75, 3.05) is 19.7 Å². The largest absolute Gasteiger partial charge is 0.444 e. The first kappa shape index (κ1) is 14.1. The molecule has 104 valence electrons. The highest BCUT2D eigenvalue weighted by Crippen LogP contribution is 2.44. The van der Waals surface area contributed by atoms with Gasteiger partial charge in [-0.15, -0.1) is 0 Å². The van der Waals surface area contributed by atoms with Gasteiger partial charge in [0.2, 0.25) is 5.91 Å². The Morgan fingerprint density at radius 2 is 2.11 bits per heavy atom. The maximum atomic E-state index is 11.6. The summed E-state index contributed by atoms with van der Waals surface area (Å²) < 4.78 is 5.52. The molecule has 3 N–H and O–H groups in total. The van der Waals surface area contributed by atoms with Crippen LogP contribution in [-0.2, 0) is 4.79 Å². The van der Waals surface area contributed by atoms with Crippen molar-refractivity contribution in [1.29, 1.82) is 0 Å². The average Bonchev–Trinajstić information content (AvgIpc) is 3.07. The van der Waals surface area contributed by atoms with Crippen LogP contribution in [0.4, 0.5) is 0 Å². The summed E-state index contributed by atoms with van der Waals surface area (Å²) in [5.41, 5.74) is -0.133. The van der Waals surface area contributed by atoms with E-state index < -0.39 is 5.91 Å². The first-order valence-corrected chi connectivity index (χ1v) is 6.75. The number of aliphatic hydroxyl groups excluding tert-OH is 1. The van der Waals surface area contributed by atoms with E-state index in [0.29, 0.717) is 11.2 Å². The zero-order valence-electron chi connectivity index (χ0n) is 10.2. The molecule has 0 bridgehead atoms. The molecule has 2 rings (SSSR count). The fourth-order valence-corrected chi connectivity index (χ4v) is 1.91. The van der Waals surface area contributed by atoms with Gasteiger partial charge in [-0.25, -0.2) is 0 Å². The lowest BCUT2D eigenvalue weighted by Gasteiger charge is -2.12. The Labute approximate surface area is 118 Å². The normalized spacial score (nSPS) is 15.9. The second kappa shape index (κ2) is 5.75. The van der Waals surface area contributed by atoms with Gasteiger partial charge in [-0.2, -0.15) is 0 Å². The minimum absolute atomic E-state index is 0.0834. The van der Waals surface area contributed by atoms with Crippen molar-refractivity contribution in [3.8, 4) is 0 Å². The van der Waals surface area contributed by atoms with Crippen molar-refractivity contribution in [2.24, 2.45) is 5.41 Å². The number of halogens is 1. The standard InChI is InChI=1S/C12H15BrN2O4/c13-9-2-1-8(19-9)11(18)14-5-10(17)15-6-12(7-16)3-4-12/h1-2,16H,3-7H2,(H,14,18)(H,15,17). The summed E-state index contributed by atoms with van der Waals surface area (Å²) >= 11 is 3.09. The highest BCUT2D eigenvalue weighted by Gasteiger charge is 2.41. The van der Waals surface area contributed by atoms with Gasteiger partial charge in [0, 0.05) is 12.0 Å². The van der Waals surface area contributed by atoms with Gasteiger partial charge in [0.1, 0.15) is 0 Å². The molecule has 2 amide bonds. The van der Waals surface area contributed by atoms with Crippen molar-refractivity contribution in [1.82, 2.24) is 10.6 Å². The fraction of sp³-hybridized carbons (Fsp3) is 0.500. The molecule has 7 heteroatoms. The number of aliphatic hydroxyl groups is 1. The van der Waals surface area contributed by atoms with Crippen molar-refractivity contribution >= 4 is 27.7 Å². The SMILES string of the molecule is O=C(CNC(=O)c1ccc(Br)o1)NCC1(CO)CC1. The molecular formula is C12H15BrN2O4. The summed E-state index contributed by atoms with van der Waals surface area (Å²) in [5, 5.41) is 14.3. The lowest BCUT2D eigenvalue weighted by molar-refractivity contribution is -0.120. The van der Waals surface area contributed by atoms with Gasteiger partial charge in [-0.05, 0) is 40.9 Å². The zero-order chi connectivity index (χ0) is 13.9. The van der Waals surface area contributed by atoms with E-state index in [1.165, 1.54) is 6.07 Å². The molecule has 19 heavy (non-hydrogen) atoms. The van der Waals surface area contributed by atoms with E-state index in [9.17, 15) is 9.59 Å². The molecule has 0 aliphatic heterocycles. The molecular weight excluding hydrogens is 316 g/mol. The number of hydrogen-bond acceptors (Lipinski definition) is 4. The van der Waals surface area contributed by atoms with Crippen LogP contribution >= 0.6 is 15.9 Å². The monoisotopic (exact) mass is 330 g/mol. The summed E-state index contributed by atoms with van der Waals surface area (Å²) in [6, 6.07) is 3.12. The molecule has 0 aromatic carbocycles. The predicted molar refractivity (Wildman–Crippen MR) is 70.5 cm³/mol. The maximum absolute atomic E-state index is 11.6. The summed E-state index contributed by atoms with van der Waals surface area (Å²) in [5.74, 6) is -0.573. The molecule has 1 heterocycles. The molecule has 0 unspecified atom stereocenters. The summed E-state index contributed by atoms with van der Waals surface area (Å²) in [6.45, 7) is 0.420. The highest BCUT2D eigenvalue weighted by molar-refractivity contribution is 9.10. The summed E-state index contributed by atoms with van der Waals surface area (Å²) in [6.07, 6.45) is 1.85. The molecule has 0 saturated heterocycles. The van der Waals surface area contributed by atoms with Gasteiger partial charge >= 0.3 is 0 Å². The second-order valence-corrected chi connectivity index (χ2v) is 5.50. The van der Waals surface area contributed by atoms with E-state index >= 15 is 0 Å². The van der Waals surface area contributed by atoms with Crippen LogP contribution in [0.25, 0.3) is 0 Å². The Hall–Kier alpha value is -1.34. The van der Waals surface area contributed by atoms with Gasteiger partial charge < -0.3 is 20.2 Å². The van der Waals surface area contributed by atoms with Gasteiger partial charge in [-0.3, -0.25) is 9.59 Å². The van der Waals surface area contributed by atoms with Gasteiger partial charge in [0.05, 0.1) is 13.2 Å². The average molecular weight is 331 g/mol. The lowest BCUT2D eigenvalue weighted by atomic mass is 10.1. The summed E-state index contributed by atoms with van der Waals surface area (Å²) in [4.78, 5) is 23.1. The molecule has 1 aromatic heterocycles. The van der Waals surface area contributed by atoms with Crippen LogP contribution in [-0.4, -0.2) is 36.6 Å². The molecule has 1 aliphatic rings. The van der Waals surface area contributed by atoms with E-state index in [1.54, 1.807) is 6.07 Å². The first-order chi connectivity index (χ1) is 9.04. The quantitative estimate of drug-likeness (QED) is 0.714. The minimum atomic E-state index is -0.441. The van der Waals surface area contributed by atoms with Crippen LogP contribution < -0.4 is 10.6 Å². The van der Waals surface area contributed by atoms with Crippen molar-refractivity contribution in [2.45, 2.75) is 12.8 Å². The molecule has 1 saturated carbocycles. The van der Waals surface area contributed by atoms with Gasteiger partial charge in [0.15, 0.2) is 10.4 Å². The number of carbonyl (C=O) groups is 2. The highest BCUT2D eigenvalue weighted by atomic mass is 79.9. The van der Waals surface area contributed by atoms with Crippen LogP contribution in [0.3, 0.4) is 0 Å². The van der Waals surface area contributed by atoms with Gasteiger partial charge in [0.25, 0.3) is 5.91 Å². The first-order valence-electron chi connectivity index (χ1n) is 5.96. The number of furan rings is 1. The van der Waals surface area contributed by atoms with E-state index in [1.807, 2.05) is 0 Å². The van der Waals surface area contributed by atoms with E-state index in [4.69, 9.17) is 9.52 Å². The van der Waals surface area contributed by atoms with Crippen LogP contribution in [0.5, 0.6) is 0 Å². The second-order valence-electron chi connectivity index (χ2n) is 4.72. The molecule has 0 atom stereocenters. The third-order valence-corrected chi connectivity index (χ3v) is 3.59. The van der Waals surface area contributed by atoms with Crippen LogP contribution in [0.2, 0.25) is 0 Å². The number of amides is 2. The van der Waals surface area contributed by atoms with Gasteiger partial charge in [-0.1, -0.05) is 0 Å². The zero-order valence-corrected chi connectivity index (χ0v) is 11.8. The van der Waals surface area contributed by atoms with Crippen molar-refractivity contribution < 1.29 is 19.1 Å². The van der Waals surface area contributed by atoms with E-state index in [2.05, 4.69) is 26.6 Å². The number of nitrogens with one attached hydrogen (secondary N) is 2. The molecule has 1 fully saturated rings. The number of carbonyl (C=O) groups excluding carboxylic acids is 2. The fourth-order valence-electron chi connectivity index (χ4n) is 1.60. The third kappa shape index (κ3) is 3.81. The molecule has 6 nitrogen and oxygen atoms in total. The van der Waals surface area contributed by atoms with Crippen LogP contribution in [0, 0.1) is 5.41 Å². The maximum Gasteiger partial charge on any atom is 0.287 e. The van der Waals surface area contributed by atoms with Crippen molar-refractivity contribution in [3.63, 3.8) is 0 Å². The smallest absolute Gasteiger partial charge is 0.287 e. The van der Waals surface area contributed by atoms with E-state index in [-0.39, 0.29) is 30.2 Å². The van der Waals surface area contributed by atoms with Crippen LogP contribution in [0.1, 0.15) is 23.4 Å². The lowest BCUT2D eigenvalue weighted by Crippen LogP contribution is -2.39. The summed E-state index contributed by atoms with van der Waals surface area (Å²) in [7, 11) is 0. The molecule has 1 aliphatic carbocycles. The Morgan fingerprint density at radius 1 is 1.37 bits per heavy atom. The van der Waals surface area contributed by atoms with Crippen LogP contribution in [0.15, 0.2) is 21.2 Å². The topological polar surface area (TPSA) is 91.6 Å². The number of hydrogen-bond donors (Lipinski definition) is 3. The van der Waals surface area contributed by atoms with Crippen molar-refractivity contribution in [3.05, 3.63) is 22.6 Å². The third-order valence-electron chi connectivity index (χ3n) is 3.16. The molecule has 1 aromatic rings. The number of rotatable bonds is 6. The molecule has 0 spiro atoms. The Balaban J connectivity index is 1.70.